The van der Waals surface area contributed by atoms with Crippen LogP contribution in [-0.2, 0) is 4.74 Å². The minimum absolute atomic E-state index is 0.150. The third-order valence-electron chi connectivity index (χ3n) is 4.10. The van der Waals surface area contributed by atoms with E-state index >= 15 is 0 Å². The summed E-state index contributed by atoms with van der Waals surface area (Å²) in [5, 5.41) is 0. The monoisotopic (exact) mass is 271 g/mol. The van der Waals surface area contributed by atoms with Crippen LogP contribution in [0.15, 0.2) is 0 Å². The maximum Gasteiger partial charge on any atom is 0.0484 e. The van der Waals surface area contributed by atoms with E-state index in [1.54, 1.807) is 0 Å². The van der Waals surface area contributed by atoms with Gasteiger partial charge in [-0.25, -0.2) is 0 Å². The third kappa shape index (κ3) is 5.38. The Morgan fingerprint density at radius 3 is 2.47 bits per heavy atom. The van der Waals surface area contributed by atoms with Crippen molar-refractivity contribution < 1.29 is 4.74 Å². The molecule has 1 rings (SSSR count). The van der Waals surface area contributed by atoms with Crippen molar-refractivity contribution >= 4 is 0 Å². The van der Waals surface area contributed by atoms with E-state index in [2.05, 4.69) is 37.7 Å². The molecule has 1 unspecified atom stereocenters. The Hall–Kier alpha value is -0.160. The maximum atomic E-state index is 6.18. The van der Waals surface area contributed by atoms with Gasteiger partial charge < -0.3 is 15.4 Å². The molecule has 0 aliphatic carbocycles. The molecule has 114 valence electrons. The molecule has 0 radical (unpaired) electrons. The van der Waals surface area contributed by atoms with Gasteiger partial charge in [-0.15, -0.1) is 0 Å². The zero-order chi connectivity index (χ0) is 14.3. The summed E-state index contributed by atoms with van der Waals surface area (Å²) in [6.07, 6.45) is 3.38. The van der Waals surface area contributed by atoms with E-state index in [1.165, 1.54) is 6.42 Å². The second kappa shape index (κ2) is 8.20. The van der Waals surface area contributed by atoms with Crippen LogP contribution in [0.1, 0.15) is 33.1 Å². The predicted octanol–water partition coefficient (Wildman–Crippen LogP) is 1.40. The molecule has 0 spiro atoms. The molecule has 1 fully saturated rings. The van der Waals surface area contributed by atoms with Crippen LogP contribution in [0.3, 0.4) is 0 Å². The summed E-state index contributed by atoms with van der Waals surface area (Å²) < 4.78 is 5.64. The van der Waals surface area contributed by atoms with E-state index in [9.17, 15) is 0 Å². The number of hydrogen-bond donors (Lipinski definition) is 1. The summed E-state index contributed by atoms with van der Waals surface area (Å²) >= 11 is 0. The molecule has 0 aromatic heterocycles. The first-order valence-corrected chi connectivity index (χ1v) is 7.68. The number of ether oxygens (including phenoxy) is 1. The fraction of sp³-hybridized carbons (Fsp3) is 1.00. The molecule has 4 nitrogen and oxygen atoms in total. The Balaban J connectivity index is 2.76. The molecule has 0 amide bonds. The molecule has 1 atom stereocenters. The zero-order valence-electron chi connectivity index (χ0n) is 13.3. The Kier molecular flexibility index (Phi) is 7.29. The highest BCUT2D eigenvalue weighted by atomic mass is 16.5. The fourth-order valence-electron chi connectivity index (χ4n) is 2.93. The average molecular weight is 271 g/mol. The lowest BCUT2D eigenvalue weighted by Gasteiger charge is -2.44. The van der Waals surface area contributed by atoms with Gasteiger partial charge in [-0.3, -0.25) is 4.90 Å². The predicted molar refractivity (Wildman–Crippen MR) is 81.4 cm³/mol. The smallest absolute Gasteiger partial charge is 0.0484 e. The Morgan fingerprint density at radius 2 is 1.89 bits per heavy atom. The van der Waals surface area contributed by atoms with Crippen LogP contribution >= 0.6 is 0 Å². The highest BCUT2D eigenvalue weighted by Gasteiger charge is 2.36. The lowest BCUT2D eigenvalue weighted by atomic mass is 9.87. The number of hydrogen-bond acceptors (Lipinski definition) is 4. The van der Waals surface area contributed by atoms with E-state index in [1.807, 2.05) is 0 Å². The molecule has 2 N–H and O–H groups in total. The van der Waals surface area contributed by atoms with Gasteiger partial charge in [-0.1, -0.05) is 13.8 Å². The quantitative estimate of drug-likeness (QED) is 0.760. The molecule has 1 aliphatic heterocycles. The normalized spacial score (nSPS) is 25.3. The topological polar surface area (TPSA) is 41.7 Å². The highest BCUT2D eigenvalue weighted by molar-refractivity contribution is 4.93. The van der Waals surface area contributed by atoms with Crippen LogP contribution in [0.5, 0.6) is 0 Å². The van der Waals surface area contributed by atoms with Crippen LogP contribution in [0.2, 0.25) is 0 Å². The van der Waals surface area contributed by atoms with Crippen molar-refractivity contribution in [3.63, 3.8) is 0 Å². The lowest BCUT2D eigenvalue weighted by molar-refractivity contribution is 0.0515. The van der Waals surface area contributed by atoms with Crippen LogP contribution in [0.4, 0.5) is 0 Å². The van der Waals surface area contributed by atoms with Gasteiger partial charge in [-0.05, 0) is 39.3 Å². The van der Waals surface area contributed by atoms with Crippen molar-refractivity contribution in [3.05, 3.63) is 0 Å². The largest absolute Gasteiger partial charge is 0.381 e. The van der Waals surface area contributed by atoms with Crippen molar-refractivity contribution in [2.45, 2.75) is 38.6 Å². The van der Waals surface area contributed by atoms with Crippen LogP contribution in [0.25, 0.3) is 0 Å². The van der Waals surface area contributed by atoms with Gasteiger partial charge in [0.15, 0.2) is 0 Å². The Morgan fingerprint density at radius 1 is 1.16 bits per heavy atom. The van der Waals surface area contributed by atoms with Crippen molar-refractivity contribution in [2.24, 2.45) is 11.7 Å². The van der Waals surface area contributed by atoms with Gasteiger partial charge in [0, 0.05) is 44.9 Å². The lowest BCUT2D eigenvalue weighted by Crippen LogP contribution is -2.56. The van der Waals surface area contributed by atoms with E-state index in [4.69, 9.17) is 10.5 Å². The van der Waals surface area contributed by atoms with Gasteiger partial charge in [0.1, 0.15) is 0 Å². The van der Waals surface area contributed by atoms with E-state index in [0.717, 1.165) is 52.2 Å². The Labute approximate surface area is 119 Å². The SMILES string of the molecule is CC(C)CN(CCN(C)C)C1(CN)CCCOCC1. The summed E-state index contributed by atoms with van der Waals surface area (Å²) in [4.78, 5) is 4.89. The second-order valence-electron chi connectivity index (χ2n) is 6.54. The molecular formula is C15H33N3O. The van der Waals surface area contributed by atoms with Gasteiger partial charge in [0.2, 0.25) is 0 Å². The van der Waals surface area contributed by atoms with E-state index < -0.39 is 0 Å². The van der Waals surface area contributed by atoms with Crippen molar-refractivity contribution in [1.82, 2.24) is 9.80 Å². The van der Waals surface area contributed by atoms with E-state index in [0.29, 0.717) is 5.92 Å². The Bertz CT molecular complexity index is 236. The summed E-state index contributed by atoms with van der Waals surface area (Å²) in [5.74, 6) is 0.676. The maximum absolute atomic E-state index is 6.18. The minimum Gasteiger partial charge on any atom is -0.381 e. The second-order valence-corrected chi connectivity index (χ2v) is 6.54. The van der Waals surface area contributed by atoms with E-state index in [-0.39, 0.29) is 5.54 Å². The molecular weight excluding hydrogens is 238 g/mol. The summed E-state index contributed by atoms with van der Waals surface area (Å²) in [6.45, 7) is 10.4. The van der Waals surface area contributed by atoms with Crippen LogP contribution < -0.4 is 5.73 Å². The first kappa shape index (κ1) is 16.9. The molecule has 1 heterocycles. The van der Waals surface area contributed by atoms with Gasteiger partial charge in [0.05, 0.1) is 0 Å². The van der Waals surface area contributed by atoms with Crippen molar-refractivity contribution in [2.75, 3.05) is 53.5 Å². The molecule has 1 saturated heterocycles. The number of nitrogens with two attached hydrogens (primary N) is 1. The number of likely N-dealkylation sites (N-methyl/N-ethyl adjacent to an activating group) is 1. The number of nitrogens with zero attached hydrogens (tertiary/aromatic N) is 2. The van der Waals surface area contributed by atoms with Crippen molar-refractivity contribution in [3.8, 4) is 0 Å². The standard InChI is InChI=1S/C15H33N3O/c1-14(2)12-18(9-8-17(3)4)15(13-16)6-5-10-19-11-7-15/h14H,5-13,16H2,1-4H3. The number of rotatable bonds is 7. The highest BCUT2D eigenvalue weighted by Crippen LogP contribution is 2.28. The van der Waals surface area contributed by atoms with Crippen LogP contribution in [-0.4, -0.2) is 68.8 Å². The zero-order valence-corrected chi connectivity index (χ0v) is 13.3. The van der Waals surface area contributed by atoms with Crippen LogP contribution in [0, 0.1) is 5.92 Å². The third-order valence-corrected chi connectivity index (χ3v) is 4.10. The van der Waals surface area contributed by atoms with Gasteiger partial charge in [-0.2, -0.15) is 0 Å². The minimum atomic E-state index is 0.150. The first-order valence-electron chi connectivity index (χ1n) is 7.68. The average Bonchev–Trinajstić information content (AvgIpc) is 2.60. The summed E-state index contributed by atoms with van der Waals surface area (Å²) in [6, 6.07) is 0. The first-order chi connectivity index (χ1) is 9.00. The fourth-order valence-corrected chi connectivity index (χ4v) is 2.93. The molecule has 0 aromatic carbocycles. The molecule has 4 heteroatoms. The molecule has 0 saturated carbocycles. The molecule has 19 heavy (non-hydrogen) atoms. The van der Waals surface area contributed by atoms with Gasteiger partial charge in [0.25, 0.3) is 0 Å². The molecule has 1 aliphatic rings. The summed E-state index contributed by atoms with van der Waals surface area (Å²) in [7, 11) is 4.28. The molecule has 0 bridgehead atoms. The molecule has 0 aromatic rings. The summed E-state index contributed by atoms with van der Waals surface area (Å²) in [5.41, 5.74) is 6.33. The van der Waals surface area contributed by atoms with Crippen molar-refractivity contribution in [1.29, 1.82) is 0 Å². The van der Waals surface area contributed by atoms with Gasteiger partial charge >= 0.3 is 0 Å².